The Hall–Kier alpha value is -1.55. The van der Waals surface area contributed by atoms with E-state index in [2.05, 4.69) is 25.7 Å². The summed E-state index contributed by atoms with van der Waals surface area (Å²) in [6.07, 6.45) is 0.453. The van der Waals surface area contributed by atoms with E-state index in [1.54, 1.807) is 0 Å². The zero-order valence-electron chi connectivity index (χ0n) is 14.0. The van der Waals surface area contributed by atoms with Crippen LogP contribution in [0.4, 0.5) is 0 Å². The molecule has 0 atom stereocenters. The van der Waals surface area contributed by atoms with Gasteiger partial charge in [-0.25, -0.2) is 0 Å². The summed E-state index contributed by atoms with van der Waals surface area (Å²) >= 11 is 0. The number of carbonyl (C=O) groups is 1. The van der Waals surface area contributed by atoms with Gasteiger partial charge in [-0.3, -0.25) is 9.69 Å². The van der Waals surface area contributed by atoms with Gasteiger partial charge in [-0.1, -0.05) is 39.0 Å². The first kappa shape index (κ1) is 16.8. The molecule has 2 rings (SSSR count). The molecule has 122 valence electrons. The molecule has 1 amide bonds. The van der Waals surface area contributed by atoms with Crippen LogP contribution in [0, 0.1) is 5.41 Å². The maximum atomic E-state index is 12.2. The van der Waals surface area contributed by atoms with Gasteiger partial charge in [0.1, 0.15) is 5.75 Å². The van der Waals surface area contributed by atoms with Gasteiger partial charge in [0.15, 0.2) is 0 Å². The van der Waals surface area contributed by atoms with E-state index >= 15 is 0 Å². The van der Waals surface area contributed by atoms with Crippen LogP contribution in [0.25, 0.3) is 0 Å². The van der Waals surface area contributed by atoms with E-state index in [-0.39, 0.29) is 5.91 Å². The summed E-state index contributed by atoms with van der Waals surface area (Å²) in [6, 6.07) is 9.65. The largest absolute Gasteiger partial charge is 0.493 e. The Morgan fingerprint density at radius 3 is 2.32 bits per heavy atom. The van der Waals surface area contributed by atoms with Crippen LogP contribution in [0.15, 0.2) is 30.3 Å². The zero-order valence-corrected chi connectivity index (χ0v) is 14.0. The molecule has 1 aliphatic heterocycles. The summed E-state index contributed by atoms with van der Waals surface area (Å²) in [5.41, 5.74) is 0.315. The lowest BCUT2D eigenvalue weighted by Crippen LogP contribution is -2.50. The van der Waals surface area contributed by atoms with Crippen molar-refractivity contribution in [1.29, 1.82) is 0 Å². The molecular formula is C18H28N2O2. The number of nitrogens with zero attached hydrogens (tertiary/aromatic N) is 2. The van der Waals surface area contributed by atoms with Crippen LogP contribution >= 0.6 is 0 Å². The van der Waals surface area contributed by atoms with Crippen molar-refractivity contribution < 1.29 is 9.53 Å². The third-order valence-electron chi connectivity index (χ3n) is 3.75. The Kier molecular flexibility index (Phi) is 5.83. The molecule has 4 nitrogen and oxygen atoms in total. The molecule has 0 unspecified atom stereocenters. The Balaban J connectivity index is 1.67. The molecule has 4 heteroatoms. The second-order valence-electron chi connectivity index (χ2n) is 7.13. The topological polar surface area (TPSA) is 32.8 Å². The van der Waals surface area contributed by atoms with Gasteiger partial charge in [0.25, 0.3) is 0 Å². The Morgan fingerprint density at radius 2 is 1.73 bits per heavy atom. The number of rotatable bonds is 5. The van der Waals surface area contributed by atoms with E-state index in [0.717, 1.165) is 38.5 Å². The Bertz CT molecular complexity index is 460. The average Bonchev–Trinajstić information content (AvgIpc) is 2.47. The van der Waals surface area contributed by atoms with Crippen LogP contribution in [-0.2, 0) is 4.79 Å². The molecular weight excluding hydrogens is 276 g/mol. The first-order valence-electron chi connectivity index (χ1n) is 8.12. The highest BCUT2D eigenvalue weighted by molar-refractivity contribution is 5.76. The SMILES string of the molecule is CC(C)(C)CN1CCN(C(=O)CCOc2ccccc2)CC1. The Morgan fingerprint density at radius 1 is 1.09 bits per heavy atom. The van der Waals surface area contributed by atoms with Gasteiger partial charge in [-0.05, 0) is 17.5 Å². The first-order chi connectivity index (χ1) is 10.4. The van der Waals surface area contributed by atoms with Crippen molar-refractivity contribution in [3.8, 4) is 5.75 Å². The van der Waals surface area contributed by atoms with Gasteiger partial charge in [0, 0.05) is 32.7 Å². The molecule has 1 heterocycles. The molecule has 1 aliphatic rings. The normalized spacial score (nSPS) is 16.6. The molecule has 0 bridgehead atoms. The van der Waals surface area contributed by atoms with E-state index in [1.165, 1.54) is 0 Å². The van der Waals surface area contributed by atoms with Crippen molar-refractivity contribution >= 4 is 5.91 Å². The maximum Gasteiger partial charge on any atom is 0.226 e. The van der Waals surface area contributed by atoms with Crippen molar-refractivity contribution in [3.05, 3.63) is 30.3 Å². The van der Waals surface area contributed by atoms with Crippen LogP contribution in [0.2, 0.25) is 0 Å². The third kappa shape index (κ3) is 5.68. The number of piperazine rings is 1. The second kappa shape index (κ2) is 7.63. The summed E-state index contributed by atoms with van der Waals surface area (Å²) < 4.78 is 5.60. The van der Waals surface area contributed by atoms with Crippen LogP contribution in [-0.4, -0.2) is 55.0 Å². The van der Waals surface area contributed by atoms with Crippen molar-refractivity contribution in [3.63, 3.8) is 0 Å². The maximum absolute atomic E-state index is 12.2. The first-order valence-corrected chi connectivity index (χ1v) is 8.12. The van der Waals surface area contributed by atoms with E-state index < -0.39 is 0 Å². The quantitative estimate of drug-likeness (QED) is 0.838. The van der Waals surface area contributed by atoms with Gasteiger partial charge in [-0.2, -0.15) is 0 Å². The highest BCUT2D eigenvalue weighted by Crippen LogP contribution is 2.16. The number of hydrogen-bond donors (Lipinski definition) is 0. The fraction of sp³-hybridized carbons (Fsp3) is 0.611. The lowest BCUT2D eigenvalue weighted by molar-refractivity contribution is -0.133. The molecule has 0 saturated carbocycles. The van der Waals surface area contributed by atoms with Crippen LogP contribution < -0.4 is 4.74 Å². The summed E-state index contributed by atoms with van der Waals surface area (Å²) in [5, 5.41) is 0. The van der Waals surface area contributed by atoms with Gasteiger partial charge < -0.3 is 9.64 Å². The van der Waals surface area contributed by atoms with Crippen molar-refractivity contribution in [1.82, 2.24) is 9.80 Å². The lowest BCUT2D eigenvalue weighted by Gasteiger charge is -2.37. The molecule has 0 spiro atoms. The fourth-order valence-electron chi connectivity index (χ4n) is 2.76. The van der Waals surface area contributed by atoms with Gasteiger partial charge >= 0.3 is 0 Å². The van der Waals surface area contributed by atoms with Gasteiger partial charge in [0.2, 0.25) is 5.91 Å². The number of hydrogen-bond acceptors (Lipinski definition) is 3. The van der Waals surface area contributed by atoms with Crippen molar-refractivity contribution in [2.45, 2.75) is 27.2 Å². The Labute approximate surface area is 134 Å². The number of amides is 1. The smallest absolute Gasteiger partial charge is 0.226 e. The highest BCUT2D eigenvalue weighted by atomic mass is 16.5. The monoisotopic (exact) mass is 304 g/mol. The van der Waals surface area contributed by atoms with E-state index in [4.69, 9.17) is 4.74 Å². The van der Waals surface area contributed by atoms with Crippen molar-refractivity contribution in [2.75, 3.05) is 39.3 Å². The third-order valence-corrected chi connectivity index (χ3v) is 3.75. The molecule has 1 fully saturated rings. The zero-order chi connectivity index (χ0) is 16.0. The lowest BCUT2D eigenvalue weighted by atomic mass is 9.96. The minimum Gasteiger partial charge on any atom is -0.493 e. The number of ether oxygens (including phenoxy) is 1. The minimum absolute atomic E-state index is 0.200. The summed E-state index contributed by atoms with van der Waals surface area (Å²) in [4.78, 5) is 16.6. The number of carbonyl (C=O) groups excluding carboxylic acids is 1. The molecule has 0 radical (unpaired) electrons. The number of para-hydroxylation sites is 1. The summed E-state index contributed by atoms with van der Waals surface area (Å²) in [5.74, 6) is 1.02. The predicted molar refractivity (Wildman–Crippen MR) is 89.0 cm³/mol. The van der Waals surface area contributed by atoms with E-state index in [9.17, 15) is 4.79 Å². The van der Waals surface area contributed by atoms with Crippen LogP contribution in [0.1, 0.15) is 27.2 Å². The van der Waals surface area contributed by atoms with Gasteiger partial charge in [0.05, 0.1) is 13.0 Å². The molecule has 1 aromatic carbocycles. The van der Waals surface area contributed by atoms with Crippen LogP contribution in [0.3, 0.4) is 0 Å². The molecule has 1 saturated heterocycles. The van der Waals surface area contributed by atoms with Gasteiger partial charge in [-0.15, -0.1) is 0 Å². The molecule has 0 aromatic heterocycles. The van der Waals surface area contributed by atoms with E-state index in [0.29, 0.717) is 18.4 Å². The standard InChI is InChI=1S/C18H28N2O2/c1-18(2,3)15-19-10-12-20(13-11-19)17(21)9-14-22-16-7-5-4-6-8-16/h4-8H,9-15H2,1-3H3. The highest BCUT2D eigenvalue weighted by Gasteiger charge is 2.23. The fourth-order valence-corrected chi connectivity index (χ4v) is 2.76. The molecule has 0 aliphatic carbocycles. The average molecular weight is 304 g/mol. The second-order valence-corrected chi connectivity index (χ2v) is 7.13. The summed E-state index contributed by atoms with van der Waals surface area (Å²) in [6.45, 7) is 11.9. The predicted octanol–water partition coefficient (Wildman–Crippen LogP) is 2.65. The van der Waals surface area contributed by atoms with E-state index in [1.807, 2.05) is 35.2 Å². The molecule has 22 heavy (non-hydrogen) atoms. The minimum atomic E-state index is 0.200. The summed E-state index contributed by atoms with van der Waals surface area (Å²) in [7, 11) is 0. The molecule has 1 aromatic rings. The van der Waals surface area contributed by atoms with Crippen LogP contribution in [0.5, 0.6) is 5.75 Å². The number of benzene rings is 1. The van der Waals surface area contributed by atoms with Crippen molar-refractivity contribution in [2.24, 2.45) is 5.41 Å². The molecule has 0 N–H and O–H groups in total.